The molecule has 39 heavy (non-hydrogen) atoms. The molecule has 0 aromatic heterocycles. The van der Waals surface area contributed by atoms with Crippen molar-refractivity contribution >= 4 is 27.5 Å². The molecular formula is C26H30N4O8S. The summed E-state index contributed by atoms with van der Waals surface area (Å²) in [4.78, 5) is 31.4. The molecule has 2 saturated heterocycles. The zero-order valence-corrected chi connectivity index (χ0v) is 22.2. The molecule has 2 amide bonds. The molecule has 2 aromatic rings. The number of anilines is 1. The summed E-state index contributed by atoms with van der Waals surface area (Å²) < 4.78 is 49.4. The summed E-state index contributed by atoms with van der Waals surface area (Å²) in [6.45, 7) is 4.20. The van der Waals surface area contributed by atoms with E-state index >= 15 is 0 Å². The minimum absolute atomic E-state index is 0.0519. The molecule has 2 fully saturated rings. The summed E-state index contributed by atoms with van der Waals surface area (Å²) in [5.41, 5.74) is 1.40. The molecular weight excluding hydrogens is 528 g/mol. The molecule has 0 atom stereocenters. The average Bonchev–Trinajstić information content (AvgIpc) is 3.43. The SMILES string of the molecule is O=C(CN1C(=O)COc2ccc(S(=O)(=O)N3CCOCC3)cc21)N1CCN(Cc2ccc3c(c2)OCO3)CC1. The van der Waals surface area contributed by atoms with Crippen LogP contribution in [0.4, 0.5) is 5.69 Å². The third kappa shape index (κ3) is 5.26. The largest absolute Gasteiger partial charge is 0.482 e. The molecule has 4 heterocycles. The van der Waals surface area contributed by atoms with Gasteiger partial charge in [0, 0.05) is 45.8 Å². The first-order valence-corrected chi connectivity index (χ1v) is 14.4. The van der Waals surface area contributed by atoms with Crippen molar-refractivity contribution in [2.45, 2.75) is 11.4 Å². The van der Waals surface area contributed by atoms with Gasteiger partial charge in [-0.15, -0.1) is 0 Å². The Labute approximate surface area is 226 Å². The van der Waals surface area contributed by atoms with Crippen molar-refractivity contribution in [1.82, 2.24) is 14.1 Å². The van der Waals surface area contributed by atoms with E-state index in [1.165, 1.54) is 21.3 Å². The fraction of sp³-hybridized carbons (Fsp3) is 0.462. The van der Waals surface area contributed by atoms with Gasteiger partial charge in [0.05, 0.1) is 23.8 Å². The first-order chi connectivity index (χ1) is 18.9. The minimum atomic E-state index is -3.78. The number of sulfonamides is 1. The molecule has 0 aliphatic carbocycles. The number of carbonyl (C=O) groups excluding carboxylic acids is 2. The molecule has 0 spiro atoms. The van der Waals surface area contributed by atoms with Gasteiger partial charge in [0.2, 0.25) is 22.7 Å². The highest BCUT2D eigenvalue weighted by Crippen LogP contribution is 2.35. The van der Waals surface area contributed by atoms with Gasteiger partial charge in [-0.3, -0.25) is 19.4 Å². The van der Waals surface area contributed by atoms with Gasteiger partial charge >= 0.3 is 0 Å². The van der Waals surface area contributed by atoms with E-state index in [0.717, 1.165) is 23.6 Å². The number of amides is 2. The van der Waals surface area contributed by atoms with Crippen molar-refractivity contribution in [2.75, 3.05) is 77.3 Å². The van der Waals surface area contributed by atoms with Crippen LogP contribution in [0.25, 0.3) is 0 Å². The first kappa shape index (κ1) is 25.9. The van der Waals surface area contributed by atoms with Crippen LogP contribution in [0.1, 0.15) is 5.56 Å². The van der Waals surface area contributed by atoms with Crippen LogP contribution in [0.3, 0.4) is 0 Å². The molecule has 12 nitrogen and oxygen atoms in total. The van der Waals surface area contributed by atoms with Crippen molar-refractivity contribution in [1.29, 1.82) is 0 Å². The molecule has 0 saturated carbocycles. The maximum absolute atomic E-state index is 13.2. The van der Waals surface area contributed by atoms with Crippen LogP contribution in [0.2, 0.25) is 0 Å². The number of fused-ring (bicyclic) bond motifs is 2. The summed E-state index contributed by atoms with van der Waals surface area (Å²) >= 11 is 0. The predicted octanol–water partition coefficient (Wildman–Crippen LogP) is 0.506. The van der Waals surface area contributed by atoms with Crippen molar-refractivity contribution in [2.24, 2.45) is 0 Å². The Morgan fingerprint density at radius 1 is 0.846 bits per heavy atom. The van der Waals surface area contributed by atoms with Crippen LogP contribution in [-0.2, 0) is 30.9 Å². The zero-order chi connectivity index (χ0) is 27.0. The van der Waals surface area contributed by atoms with Crippen LogP contribution in [0.5, 0.6) is 17.2 Å². The number of piperazine rings is 1. The quantitative estimate of drug-likeness (QED) is 0.500. The van der Waals surface area contributed by atoms with Crippen molar-refractivity contribution in [3.63, 3.8) is 0 Å². The smallest absolute Gasteiger partial charge is 0.265 e. The lowest BCUT2D eigenvalue weighted by Crippen LogP contribution is -2.52. The second kappa shape index (κ2) is 10.6. The maximum atomic E-state index is 13.2. The predicted molar refractivity (Wildman–Crippen MR) is 138 cm³/mol. The Hall–Kier alpha value is -3.39. The van der Waals surface area contributed by atoms with Crippen LogP contribution in [-0.4, -0.2) is 107 Å². The van der Waals surface area contributed by atoms with Crippen LogP contribution >= 0.6 is 0 Å². The van der Waals surface area contributed by atoms with Crippen LogP contribution in [0, 0.1) is 0 Å². The van der Waals surface area contributed by atoms with Crippen LogP contribution < -0.4 is 19.1 Å². The van der Waals surface area contributed by atoms with Crippen LogP contribution in [0.15, 0.2) is 41.3 Å². The first-order valence-electron chi connectivity index (χ1n) is 12.9. The average molecular weight is 559 g/mol. The second-order valence-electron chi connectivity index (χ2n) is 9.76. The number of benzene rings is 2. The molecule has 0 bridgehead atoms. The highest BCUT2D eigenvalue weighted by atomic mass is 32.2. The Balaban J connectivity index is 1.11. The number of rotatable bonds is 6. The Morgan fingerprint density at radius 2 is 1.59 bits per heavy atom. The molecule has 13 heteroatoms. The number of hydrogen-bond acceptors (Lipinski definition) is 9. The van der Waals surface area contributed by atoms with E-state index in [2.05, 4.69) is 4.90 Å². The van der Waals surface area contributed by atoms with Gasteiger partial charge in [-0.25, -0.2) is 8.42 Å². The molecule has 6 rings (SSSR count). The zero-order valence-electron chi connectivity index (χ0n) is 21.4. The Kier molecular flexibility index (Phi) is 7.06. The fourth-order valence-corrected chi connectivity index (χ4v) is 6.57. The standard InChI is InChI=1S/C26H30N4O8S/c31-25(28-7-5-27(6-8-28)15-19-1-3-23-24(13-19)38-18-37-23)16-30-21-14-20(2-4-22(21)36-17-26(30)32)39(33,34)29-9-11-35-12-10-29/h1-4,13-14H,5-12,15-18H2. The number of carbonyl (C=O) groups is 2. The van der Waals surface area contributed by atoms with E-state index < -0.39 is 15.9 Å². The lowest BCUT2D eigenvalue weighted by Gasteiger charge is -2.36. The van der Waals surface area contributed by atoms with Crippen molar-refractivity contribution in [3.8, 4) is 17.2 Å². The third-order valence-corrected chi connectivity index (χ3v) is 9.24. The van der Waals surface area contributed by atoms with Crippen molar-refractivity contribution < 1.29 is 37.0 Å². The van der Waals surface area contributed by atoms with Gasteiger partial charge in [0.15, 0.2) is 18.1 Å². The normalized spacial score (nSPS) is 20.1. The van der Waals surface area contributed by atoms with E-state index in [0.29, 0.717) is 45.1 Å². The number of hydrogen-bond donors (Lipinski definition) is 0. The van der Waals surface area contributed by atoms with E-state index in [1.807, 2.05) is 18.2 Å². The van der Waals surface area contributed by atoms with Gasteiger partial charge in [0.25, 0.3) is 5.91 Å². The van der Waals surface area contributed by atoms with E-state index in [1.54, 1.807) is 11.0 Å². The third-order valence-electron chi connectivity index (χ3n) is 7.34. The van der Waals surface area contributed by atoms with Gasteiger partial charge in [0.1, 0.15) is 12.3 Å². The minimum Gasteiger partial charge on any atom is -0.482 e. The van der Waals surface area contributed by atoms with Gasteiger partial charge in [-0.05, 0) is 35.9 Å². The fourth-order valence-electron chi connectivity index (χ4n) is 5.14. The number of nitrogens with zero attached hydrogens (tertiary/aromatic N) is 4. The lowest BCUT2D eigenvalue weighted by molar-refractivity contribution is -0.133. The highest BCUT2D eigenvalue weighted by Gasteiger charge is 2.33. The molecule has 0 radical (unpaired) electrons. The van der Waals surface area contributed by atoms with Gasteiger partial charge in [-0.1, -0.05) is 6.07 Å². The summed E-state index contributed by atoms with van der Waals surface area (Å²) in [5, 5.41) is 0. The summed E-state index contributed by atoms with van der Waals surface area (Å²) in [6.07, 6.45) is 0. The van der Waals surface area contributed by atoms with E-state index in [-0.39, 0.29) is 49.5 Å². The van der Waals surface area contributed by atoms with Gasteiger partial charge < -0.3 is 23.8 Å². The molecule has 4 aliphatic rings. The number of ether oxygens (including phenoxy) is 4. The summed E-state index contributed by atoms with van der Waals surface area (Å²) in [6, 6.07) is 10.3. The monoisotopic (exact) mass is 558 g/mol. The summed E-state index contributed by atoms with van der Waals surface area (Å²) in [7, 11) is -3.78. The molecule has 208 valence electrons. The molecule has 4 aliphatic heterocycles. The second-order valence-corrected chi connectivity index (χ2v) is 11.7. The van der Waals surface area contributed by atoms with Gasteiger partial charge in [-0.2, -0.15) is 4.31 Å². The van der Waals surface area contributed by atoms with E-state index in [4.69, 9.17) is 18.9 Å². The number of morpholine rings is 1. The summed E-state index contributed by atoms with van der Waals surface area (Å²) in [5.74, 6) is 1.28. The van der Waals surface area contributed by atoms with Crippen molar-refractivity contribution in [3.05, 3.63) is 42.0 Å². The molecule has 2 aromatic carbocycles. The molecule has 0 unspecified atom stereocenters. The molecule has 0 N–H and O–H groups in total. The Morgan fingerprint density at radius 3 is 2.38 bits per heavy atom. The Bertz CT molecular complexity index is 1370. The topological polar surface area (TPSA) is 118 Å². The lowest BCUT2D eigenvalue weighted by atomic mass is 10.1. The maximum Gasteiger partial charge on any atom is 0.265 e. The van der Waals surface area contributed by atoms with E-state index in [9.17, 15) is 18.0 Å². The highest BCUT2D eigenvalue weighted by molar-refractivity contribution is 7.89.